The molecule has 0 heterocycles. The summed E-state index contributed by atoms with van der Waals surface area (Å²) in [4.78, 5) is 11.4. The minimum Gasteiger partial charge on any atom is -0.420 e. The van der Waals surface area contributed by atoms with Crippen LogP contribution in [-0.4, -0.2) is 36.2 Å². The zero-order chi connectivity index (χ0) is 22.3. The number of halogens is 13. The van der Waals surface area contributed by atoms with Crippen LogP contribution in [0.5, 0.6) is 5.75 Å². The van der Waals surface area contributed by atoms with E-state index in [0.29, 0.717) is 6.07 Å². The van der Waals surface area contributed by atoms with Crippen LogP contribution >= 0.6 is 23.2 Å². The second-order valence-corrected chi connectivity index (χ2v) is 5.59. The summed E-state index contributed by atoms with van der Waals surface area (Å²) in [6.07, 6.45) is -21.2. The van der Waals surface area contributed by atoms with E-state index < -0.39 is 47.0 Å². The van der Waals surface area contributed by atoms with Crippen molar-refractivity contribution in [2.45, 2.75) is 30.2 Å². The lowest BCUT2D eigenvalue weighted by molar-refractivity contribution is -0.474. The monoisotopic (exact) mass is 474 g/mol. The smallest absolute Gasteiger partial charge is 0.420 e. The van der Waals surface area contributed by atoms with Gasteiger partial charge in [-0.3, -0.25) is 4.74 Å². The molecule has 0 radical (unpaired) electrons. The van der Waals surface area contributed by atoms with Crippen LogP contribution < -0.4 is 4.74 Å². The SMILES string of the molecule is O=C(Oc1ccc(Cl)cc1Cl)[C@](F)(OC(F)(F)C(F)(F)C(F)(F)F)C(F)(F)F. The van der Waals surface area contributed by atoms with Crippen molar-refractivity contribution in [3.05, 3.63) is 28.2 Å². The lowest BCUT2D eigenvalue weighted by Crippen LogP contribution is -2.62. The number of hydrogen-bond acceptors (Lipinski definition) is 3. The van der Waals surface area contributed by atoms with Crippen molar-refractivity contribution in [1.82, 2.24) is 0 Å². The molecule has 160 valence electrons. The van der Waals surface area contributed by atoms with Crippen molar-refractivity contribution >= 4 is 29.2 Å². The first kappa shape index (κ1) is 24.5. The van der Waals surface area contributed by atoms with Crippen molar-refractivity contribution in [3.63, 3.8) is 0 Å². The van der Waals surface area contributed by atoms with Gasteiger partial charge < -0.3 is 4.74 Å². The van der Waals surface area contributed by atoms with Gasteiger partial charge in [0.15, 0.2) is 0 Å². The van der Waals surface area contributed by atoms with Gasteiger partial charge in [-0.05, 0) is 18.2 Å². The molecule has 28 heavy (non-hydrogen) atoms. The first-order valence-corrected chi connectivity index (χ1v) is 6.97. The standard InChI is InChI=1S/C12H3Cl2F11O3/c13-4-1-2-6(5(14)3-4)27-7(26)8(15,10(18,19)20)28-12(24,25)9(16,17)11(21,22)23/h1-3H/t8-/m0/s1. The van der Waals surface area contributed by atoms with Gasteiger partial charge in [0.05, 0.1) is 5.02 Å². The number of ether oxygens (including phenoxy) is 2. The van der Waals surface area contributed by atoms with Crippen LogP contribution in [0.1, 0.15) is 0 Å². The van der Waals surface area contributed by atoms with Crippen molar-refractivity contribution < 1.29 is 62.6 Å². The number of carbonyl (C=O) groups excluding carboxylic acids is 1. The summed E-state index contributed by atoms with van der Waals surface area (Å²) in [6.45, 7) is 0. The molecule has 0 aliphatic carbocycles. The summed E-state index contributed by atoms with van der Waals surface area (Å²) in [7, 11) is 0. The molecule has 1 aromatic rings. The fourth-order valence-corrected chi connectivity index (χ4v) is 1.79. The Hall–Kier alpha value is -1.54. The Balaban J connectivity index is 3.34. The van der Waals surface area contributed by atoms with E-state index in [1.807, 2.05) is 4.74 Å². The minimum atomic E-state index is -7.30. The largest absolute Gasteiger partial charge is 0.462 e. The molecule has 16 heteroatoms. The van der Waals surface area contributed by atoms with Gasteiger partial charge in [0.2, 0.25) is 0 Å². The van der Waals surface area contributed by atoms with Gasteiger partial charge in [0.25, 0.3) is 0 Å². The molecule has 1 atom stereocenters. The average molecular weight is 475 g/mol. The highest BCUT2D eigenvalue weighted by Crippen LogP contribution is 2.51. The van der Waals surface area contributed by atoms with Crippen LogP contribution in [0, 0.1) is 0 Å². The van der Waals surface area contributed by atoms with Gasteiger partial charge in [-0.1, -0.05) is 23.2 Å². The number of benzene rings is 1. The van der Waals surface area contributed by atoms with Crippen molar-refractivity contribution in [1.29, 1.82) is 0 Å². The van der Waals surface area contributed by atoms with Gasteiger partial charge in [0.1, 0.15) is 5.75 Å². The van der Waals surface area contributed by atoms with E-state index in [9.17, 15) is 53.1 Å². The summed E-state index contributed by atoms with van der Waals surface area (Å²) in [6, 6.07) is 2.09. The predicted molar refractivity (Wildman–Crippen MR) is 69.0 cm³/mol. The van der Waals surface area contributed by atoms with Crippen molar-refractivity contribution in [2.24, 2.45) is 0 Å². The zero-order valence-electron chi connectivity index (χ0n) is 12.4. The molecule has 0 fully saturated rings. The molecule has 1 aromatic carbocycles. The van der Waals surface area contributed by atoms with Crippen LogP contribution in [0.3, 0.4) is 0 Å². The second-order valence-electron chi connectivity index (χ2n) is 4.75. The maximum atomic E-state index is 13.9. The van der Waals surface area contributed by atoms with Gasteiger partial charge in [0, 0.05) is 5.02 Å². The molecule has 0 spiro atoms. The van der Waals surface area contributed by atoms with Crippen LogP contribution in [0.15, 0.2) is 18.2 Å². The Labute approximate surface area is 156 Å². The molecule has 1 rings (SSSR count). The molecule has 0 unspecified atom stereocenters. The fourth-order valence-electron chi connectivity index (χ4n) is 1.34. The molecule has 0 saturated heterocycles. The highest BCUT2D eigenvalue weighted by atomic mass is 35.5. The Bertz CT molecular complexity index is 747. The third-order valence-electron chi connectivity index (χ3n) is 2.71. The van der Waals surface area contributed by atoms with E-state index in [4.69, 9.17) is 23.2 Å². The zero-order valence-corrected chi connectivity index (χ0v) is 13.9. The van der Waals surface area contributed by atoms with Crippen molar-refractivity contribution in [2.75, 3.05) is 0 Å². The van der Waals surface area contributed by atoms with Gasteiger partial charge in [-0.15, -0.1) is 0 Å². The normalized spacial score (nSPS) is 15.9. The van der Waals surface area contributed by atoms with Crippen molar-refractivity contribution in [3.8, 4) is 5.75 Å². The first-order valence-electron chi connectivity index (χ1n) is 6.22. The summed E-state index contributed by atoms with van der Waals surface area (Å²) in [5, 5.41) is -0.947. The van der Waals surface area contributed by atoms with Gasteiger partial charge in [-0.2, -0.15) is 48.3 Å². The first-order chi connectivity index (χ1) is 12.3. The number of hydrogen-bond donors (Lipinski definition) is 0. The Morgan fingerprint density at radius 2 is 1.32 bits per heavy atom. The highest BCUT2D eigenvalue weighted by Gasteiger charge is 2.80. The Kier molecular flexibility index (Phi) is 6.45. The lowest BCUT2D eigenvalue weighted by Gasteiger charge is -2.33. The summed E-state index contributed by atoms with van der Waals surface area (Å²) >= 11 is 10.8. The van der Waals surface area contributed by atoms with Gasteiger partial charge in [-0.25, -0.2) is 4.79 Å². The summed E-state index contributed by atoms with van der Waals surface area (Å²) < 4.78 is 145. The third kappa shape index (κ3) is 4.54. The van der Waals surface area contributed by atoms with E-state index in [2.05, 4.69) is 4.74 Å². The van der Waals surface area contributed by atoms with Crippen LogP contribution in [-0.2, 0) is 9.53 Å². The molecule has 0 aliphatic rings. The number of rotatable bonds is 5. The van der Waals surface area contributed by atoms with E-state index in [1.165, 1.54) is 0 Å². The number of alkyl halides is 11. The van der Waals surface area contributed by atoms with E-state index in [0.717, 1.165) is 12.1 Å². The molecule has 3 nitrogen and oxygen atoms in total. The molecular formula is C12H3Cl2F11O3. The molecule has 0 amide bonds. The summed E-state index contributed by atoms with van der Waals surface area (Å²) in [5.74, 6) is -18.3. The number of carbonyl (C=O) groups is 1. The minimum absolute atomic E-state index is 0.181. The fraction of sp³-hybridized carbons (Fsp3) is 0.417. The molecule has 0 N–H and O–H groups in total. The van der Waals surface area contributed by atoms with Gasteiger partial charge >= 0.3 is 36.2 Å². The number of esters is 1. The molecule has 0 aliphatic heterocycles. The second kappa shape index (κ2) is 7.37. The maximum Gasteiger partial charge on any atom is 0.462 e. The van der Waals surface area contributed by atoms with Crippen LogP contribution in [0.2, 0.25) is 10.0 Å². The van der Waals surface area contributed by atoms with Crippen LogP contribution in [0.25, 0.3) is 0 Å². The molecule has 0 bridgehead atoms. The predicted octanol–water partition coefficient (Wildman–Crippen LogP) is 5.93. The molecule has 0 saturated carbocycles. The van der Waals surface area contributed by atoms with E-state index in [-0.39, 0.29) is 5.02 Å². The maximum absolute atomic E-state index is 13.9. The molecule has 0 aromatic heterocycles. The quantitative estimate of drug-likeness (QED) is 0.301. The molecular weight excluding hydrogens is 472 g/mol. The third-order valence-corrected chi connectivity index (χ3v) is 3.24. The lowest BCUT2D eigenvalue weighted by atomic mass is 10.2. The van der Waals surface area contributed by atoms with E-state index >= 15 is 0 Å². The Morgan fingerprint density at radius 3 is 1.71 bits per heavy atom. The van der Waals surface area contributed by atoms with E-state index in [1.54, 1.807) is 0 Å². The highest BCUT2D eigenvalue weighted by molar-refractivity contribution is 6.35. The summed E-state index contributed by atoms with van der Waals surface area (Å²) in [5.41, 5.74) is 0. The Morgan fingerprint density at radius 1 is 0.821 bits per heavy atom. The average Bonchev–Trinajstić information content (AvgIpc) is 2.46. The topological polar surface area (TPSA) is 35.5 Å². The van der Waals surface area contributed by atoms with Crippen LogP contribution in [0.4, 0.5) is 48.3 Å².